The Morgan fingerprint density at radius 2 is 1.91 bits per heavy atom. The van der Waals surface area contributed by atoms with Gasteiger partial charge in [0, 0.05) is 23.7 Å². The predicted molar refractivity (Wildman–Crippen MR) is 87.0 cm³/mol. The van der Waals surface area contributed by atoms with Crippen LogP contribution in [0.3, 0.4) is 0 Å². The smallest absolute Gasteiger partial charge is 0.259 e. The number of thiazole rings is 1. The van der Waals surface area contributed by atoms with Crippen LogP contribution >= 0.6 is 11.3 Å². The molecule has 0 spiro atoms. The zero-order chi connectivity index (χ0) is 16.4. The third-order valence-electron chi connectivity index (χ3n) is 3.24. The fraction of sp³-hybridized carbons (Fsp3) is 0.125. The van der Waals surface area contributed by atoms with Gasteiger partial charge in [-0.1, -0.05) is 0 Å². The summed E-state index contributed by atoms with van der Waals surface area (Å²) in [6, 6.07) is 7.27. The number of hydrogen-bond acceptors (Lipinski definition) is 5. The molecule has 7 heteroatoms. The van der Waals surface area contributed by atoms with E-state index in [0.717, 1.165) is 5.69 Å². The van der Waals surface area contributed by atoms with Crippen molar-refractivity contribution in [1.82, 2.24) is 15.0 Å². The van der Waals surface area contributed by atoms with Crippen LogP contribution in [0, 0.1) is 12.7 Å². The first kappa shape index (κ1) is 15.2. The number of benzene rings is 1. The van der Waals surface area contributed by atoms with Gasteiger partial charge in [-0.05, 0) is 37.3 Å². The standard InChI is InChI=1S/C16H13FN4OS/c1-10-7-13(19-9-18-10)14-8-23-16(20-14)21(2)15(22)11-3-5-12(17)6-4-11/h3-9H,1-2H3. The largest absolute Gasteiger partial charge is 0.287 e. The van der Waals surface area contributed by atoms with Gasteiger partial charge >= 0.3 is 0 Å². The number of anilines is 1. The van der Waals surface area contributed by atoms with Gasteiger partial charge in [-0.15, -0.1) is 11.3 Å². The van der Waals surface area contributed by atoms with Crippen molar-refractivity contribution < 1.29 is 9.18 Å². The Morgan fingerprint density at radius 1 is 1.17 bits per heavy atom. The molecule has 2 aromatic heterocycles. The quantitative estimate of drug-likeness (QED) is 0.740. The monoisotopic (exact) mass is 328 g/mol. The van der Waals surface area contributed by atoms with Gasteiger partial charge in [-0.2, -0.15) is 0 Å². The lowest BCUT2D eigenvalue weighted by molar-refractivity contribution is 0.0993. The summed E-state index contributed by atoms with van der Waals surface area (Å²) in [6.07, 6.45) is 1.48. The molecule has 0 aliphatic rings. The highest BCUT2D eigenvalue weighted by Crippen LogP contribution is 2.26. The molecule has 0 bridgehead atoms. The average molecular weight is 328 g/mol. The minimum absolute atomic E-state index is 0.246. The molecule has 0 aliphatic heterocycles. The zero-order valence-corrected chi connectivity index (χ0v) is 13.3. The van der Waals surface area contributed by atoms with Gasteiger partial charge in [-0.3, -0.25) is 9.69 Å². The van der Waals surface area contributed by atoms with Crippen LogP contribution in [0.15, 0.2) is 42.0 Å². The van der Waals surface area contributed by atoms with Crippen molar-refractivity contribution in [3.63, 3.8) is 0 Å². The van der Waals surface area contributed by atoms with Gasteiger partial charge in [0.25, 0.3) is 5.91 Å². The van der Waals surface area contributed by atoms with E-state index in [4.69, 9.17) is 0 Å². The van der Waals surface area contributed by atoms with Gasteiger partial charge in [0.2, 0.25) is 0 Å². The van der Waals surface area contributed by atoms with Crippen molar-refractivity contribution in [3.8, 4) is 11.4 Å². The lowest BCUT2D eigenvalue weighted by atomic mass is 10.2. The number of rotatable bonds is 3. The summed E-state index contributed by atoms with van der Waals surface area (Å²) >= 11 is 1.34. The van der Waals surface area contributed by atoms with Crippen molar-refractivity contribution in [2.24, 2.45) is 0 Å². The minimum Gasteiger partial charge on any atom is -0.287 e. The number of carbonyl (C=O) groups is 1. The van der Waals surface area contributed by atoms with Crippen molar-refractivity contribution in [3.05, 3.63) is 59.1 Å². The first-order chi connectivity index (χ1) is 11.0. The van der Waals surface area contributed by atoms with E-state index in [1.54, 1.807) is 7.05 Å². The number of hydrogen-bond donors (Lipinski definition) is 0. The third-order valence-corrected chi connectivity index (χ3v) is 4.16. The van der Waals surface area contributed by atoms with Crippen LogP contribution in [0.4, 0.5) is 9.52 Å². The maximum absolute atomic E-state index is 13.0. The van der Waals surface area contributed by atoms with Crippen LogP contribution in [0.25, 0.3) is 11.4 Å². The Hall–Kier alpha value is -2.67. The van der Waals surface area contributed by atoms with Gasteiger partial charge in [0.1, 0.15) is 17.8 Å². The van der Waals surface area contributed by atoms with Crippen molar-refractivity contribution in [2.45, 2.75) is 6.92 Å². The molecule has 0 aliphatic carbocycles. The van der Waals surface area contributed by atoms with Crippen LogP contribution in [0.1, 0.15) is 16.1 Å². The molecule has 5 nitrogen and oxygen atoms in total. The van der Waals surface area contributed by atoms with Gasteiger partial charge in [0.05, 0.1) is 5.69 Å². The Bertz CT molecular complexity index is 847. The van der Waals surface area contributed by atoms with E-state index in [1.807, 2.05) is 18.4 Å². The summed E-state index contributed by atoms with van der Waals surface area (Å²) in [6.45, 7) is 1.88. The summed E-state index contributed by atoms with van der Waals surface area (Å²) in [5.74, 6) is -0.621. The minimum atomic E-state index is -0.375. The molecule has 1 aromatic carbocycles. The summed E-state index contributed by atoms with van der Waals surface area (Å²) in [7, 11) is 1.64. The second-order valence-corrected chi connectivity index (χ2v) is 5.77. The number of aromatic nitrogens is 3. The Morgan fingerprint density at radius 3 is 2.61 bits per heavy atom. The number of carbonyl (C=O) groups excluding carboxylic acids is 1. The molecule has 23 heavy (non-hydrogen) atoms. The predicted octanol–water partition coefficient (Wildman–Crippen LogP) is 3.32. The molecule has 3 aromatic rings. The van der Waals surface area contributed by atoms with Crippen molar-refractivity contribution >= 4 is 22.4 Å². The highest BCUT2D eigenvalue weighted by molar-refractivity contribution is 7.14. The average Bonchev–Trinajstić information content (AvgIpc) is 3.04. The Labute approximate surface area is 136 Å². The number of amides is 1. The summed E-state index contributed by atoms with van der Waals surface area (Å²) in [5.41, 5.74) is 2.65. The molecule has 0 saturated heterocycles. The maximum Gasteiger partial charge on any atom is 0.259 e. The van der Waals surface area contributed by atoms with Gasteiger partial charge < -0.3 is 0 Å². The van der Waals surface area contributed by atoms with E-state index in [2.05, 4.69) is 15.0 Å². The summed E-state index contributed by atoms with van der Waals surface area (Å²) in [4.78, 5) is 26.5. The van der Waals surface area contributed by atoms with E-state index in [-0.39, 0.29) is 11.7 Å². The number of halogens is 1. The fourth-order valence-corrected chi connectivity index (χ4v) is 2.79. The molecule has 116 valence electrons. The molecule has 1 amide bonds. The molecular formula is C16H13FN4OS. The Kier molecular flexibility index (Phi) is 4.12. The molecular weight excluding hydrogens is 315 g/mol. The fourth-order valence-electron chi connectivity index (χ4n) is 2.00. The van der Waals surface area contributed by atoms with Crippen LogP contribution < -0.4 is 4.90 Å². The zero-order valence-electron chi connectivity index (χ0n) is 12.5. The van der Waals surface area contributed by atoms with E-state index < -0.39 is 0 Å². The van der Waals surface area contributed by atoms with Gasteiger partial charge in [-0.25, -0.2) is 19.3 Å². The summed E-state index contributed by atoms with van der Waals surface area (Å²) < 4.78 is 13.0. The maximum atomic E-state index is 13.0. The lowest BCUT2D eigenvalue weighted by Gasteiger charge is -2.13. The molecule has 0 N–H and O–H groups in total. The lowest BCUT2D eigenvalue weighted by Crippen LogP contribution is -2.26. The van der Waals surface area contributed by atoms with E-state index >= 15 is 0 Å². The van der Waals surface area contributed by atoms with Crippen LogP contribution in [0.2, 0.25) is 0 Å². The second-order valence-electron chi connectivity index (χ2n) is 4.93. The normalized spacial score (nSPS) is 10.6. The molecule has 2 heterocycles. The first-order valence-corrected chi connectivity index (χ1v) is 7.71. The molecule has 0 fully saturated rings. The topological polar surface area (TPSA) is 59.0 Å². The van der Waals surface area contributed by atoms with E-state index in [1.165, 1.54) is 46.8 Å². The molecule has 0 saturated carbocycles. The molecule has 0 radical (unpaired) electrons. The van der Waals surface area contributed by atoms with Gasteiger partial charge in [0.15, 0.2) is 5.13 Å². The SMILES string of the molecule is Cc1cc(-c2csc(N(C)C(=O)c3ccc(F)cc3)n2)ncn1. The van der Waals surface area contributed by atoms with E-state index in [9.17, 15) is 9.18 Å². The van der Waals surface area contributed by atoms with Crippen molar-refractivity contribution in [1.29, 1.82) is 0 Å². The third kappa shape index (κ3) is 3.24. The Balaban J connectivity index is 1.84. The first-order valence-electron chi connectivity index (χ1n) is 6.83. The second kappa shape index (κ2) is 6.21. The molecule has 3 rings (SSSR count). The molecule has 0 unspecified atom stereocenters. The molecule has 0 atom stereocenters. The summed E-state index contributed by atoms with van der Waals surface area (Å²) in [5, 5.41) is 2.39. The highest BCUT2D eigenvalue weighted by atomic mass is 32.1. The van der Waals surface area contributed by atoms with Crippen LogP contribution in [-0.4, -0.2) is 27.9 Å². The van der Waals surface area contributed by atoms with Crippen molar-refractivity contribution in [2.75, 3.05) is 11.9 Å². The van der Waals surface area contributed by atoms with E-state index in [0.29, 0.717) is 22.1 Å². The highest BCUT2D eigenvalue weighted by Gasteiger charge is 2.17. The number of nitrogens with zero attached hydrogens (tertiary/aromatic N) is 4. The van der Waals surface area contributed by atoms with Crippen LogP contribution in [-0.2, 0) is 0 Å². The number of aryl methyl sites for hydroxylation is 1. The van der Waals surface area contributed by atoms with Crippen LogP contribution in [0.5, 0.6) is 0 Å².